The number of aromatic hydroxyl groups is 1. The van der Waals surface area contributed by atoms with Crippen LogP contribution in [0.15, 0.2) is 6.07 Å². The van der Waals surface area contributed by atoms with Crippen LogP contribution in [0.4, 0.5) is 10.1 Å². The van der Waals surface area contributed by atoms with E-state index >= 15 is 0 Å². The third-order valence-corrected chi connectivity index (χ3v) is 5.48. The standard InChI is InChI=1S/C14H16FN3O5S/c1-7(19)16-9-3-2-8-4-11(20)14(13(15)10(8)5-9)18-6-12(21)17-24(18,22)23/h4,9,20H,2-3,5-6H2,1H3,(H,16,19)(H,17,21)/t9-/m1/s1. The molecule has 1 heterocycles. The highest BCUT2D eigenvalue weighted by atomic mass is 32.2. The van der Waals surface area contributed by atoms with E-state index in [1.807, 2.05) is 0 Å². The van der Waals surface area contributed by atoms with Crippen molar-refractivity contribution in [3.05, 3.63) is 23.0 Å². The zero-order valence-corrected chi connectivity index (χ0v) is 13.6. The summed E-state index contributed by atoms with van der Waals surface area (Å²) in [7, 11) is -4.23. The number of rotatable bonds is 2. The van der Waals surface area contributed by atoms with Crippen molar-refractivity contribution >= 4 is 27.7 Å². The normalized spacial score (nSPS) is 22.0. The fourth-order valence-electron chi connectivity index (χ4n) is 3.13. The molecular formula is C14H16FN3O5S. The second kappa shape index (κ2) is 5.62. The molecule has 1 aromatic rings. The molecule has 8 nitrogen and oxygen atoms in total. The van der Waals surface area contributed by atoms with Crippen LogP contribution in [-0.4, -0.2) is 37.9 Å². The Hall–Kier alpha value is -2.36. The lowest BCUT2D eigenvalue weighted by Gasteiger charge is -2.28. The Kier molecular flexibility index (Phi) is 3.86. The van der Waals surface area contributed by atoms with Crippen LogP contribution in [0, 0.1) is 5.82 Å². The third-order valence-electron chi connectivity index (χ3n) is 4.10. The summed E-state index contributed by atoms with van der Waals surface area (Å²) in [5.41, 5.74) is 0.254. The van der Waals surface area contributed by atoms with Crippen molar-refractivity contribution in [1.82, 2.24) is 10.0 Å². The van der Waals surface area contributed by atoms with Crippen molar-refractivity contribution in [2.24, 2.45) is 0 Å². The van der Waals surface area contributed by atoms with Crippen molar-refractivity contribution in [1.29, 1.82) is 0 Å². The highest BCUT2D eigenvalue weighted by Crippen LogP contribution is 2.39. The highest BCUT2D eigenvalue weighted by molar-refractivity contribution is 7.92. The molecule has 0 bridgehead atoms. The smallest absolute Gasteiger partial charge is 0.326 e. The zero-order chi connectivity index (χ0) is 17.6. The first kappa shape index (κ1) is 16.5. The Bertz CT molecular complexity index is 839. The van der Waals surface area contributed by atoms with Crippen LogP contribution in [0.25, 0.3) is 0 Å². The van der Waals surface area contributed by atoms with E-state index in [4.69, 9.17) is 0 Å². The summed E-state index contributed by atoms with van der Waals surface area (Å²) in [4.78, 5) is 22.5. The quantitative estimate of drug-likeness (QED) is 0.672. The van der Waals surface area contributed by atoms with Gasteiger partial charge in [0.1, 0.15) is 18.0 Å². The SMILES string of the molecule is CC(=O)N[C@@H]1CCc2cc(O)c(N3CC(=O)NS3(=O)=O)c(F)c2C1. The maximum Gasteiger partial charge on any atom is 0.326 e. The topological polar surface area (TPSA) is 116 Å². The van der Waals surface area contributed by atoms with Gasteiger partial charge < -0.3 is 10.4 Å². The van der Waals surface area contributed by atoms with Crippen LogP contribution >= 0.6 is 0 Å². The van der Waals surface area contributed by atoms with Crippen molar-refractivity contribution in [2.75, 3.05) is 10.8 Å². The molecule has 1 atom stereocenters. The lowest BCUT2D eigenvalue weighted by atomic mass is 9.87. The first-order valence-corrected chi connectivity index (χ1v) is 8.76. The van der Waals surface area contributed by atoms with Crippen LogP contribution in [0.5, 0.6) is 5.75 Å². The molecule has 1 fully saturated rings. The number of aryl methyl sites for hydroxylation is 1. The fourth-order valence-corrected chi connectivity index (χ4v) is 4.30. The number of carbonyl (C=O) groups is 2. The molecule has 0 spiro atoms. The molecule has 1 aliphatic carbocycles. The van der Waals surface area contributed by atoms with E-state index in [1.165, 1.54) is 13.0 Å². The molecule has 3 N–H and O–H groups in total. The number of anilines is 1. The number of hydrogen-bond acceptors (Lipinski definition) is 5. The minimum Gasteiger partial charge on any atom is -0.506 e. The fraction of sp³-hybridized carbons (Fsp3) is 0.429. The first-order chi connectivity index (χ1) is 11.2. The van der Waals surface area contributed by atoms with Crippen LogP contribution in [0.2, 0.25) is 0 Å². The van der Waals surface area contributed by atoms with E-state index in [-0.39, 0.29) is 23.9 Å². The summed E-state index contributed by atoms with van der Waals surface area (Å²) in [6.07, 6.45) is 1.21. The van der Waals surface area contributed by atoms with E-state index in [0.29, 0.717) is 22.7 Å². The van der Waals surface area contributed by atoms with Crippen molar-refractivity contribution < 1.29 is 27.5 Å². The molecule has 10 heteroatoms. The Morgan fingerprint density at radius 3 is 2.79 bits per heavy atom. The van der Waals surface area contributed by atoms with Crippen molar-refractivity contribution in [3.63, 3.8) is 0 Å². The molecule has 0 radical (unpaired) electrons. The average molecular weight is 357 g/mol. The number of halogens is 1. The Labute approximate surface area is 137 Å². The summed E-state index contributed by atoms with van der Waals surface area (Å²) in [5, 5.41) is 12.8. The number of amides is 2. The molecule has 2 amide bonds. The van der Waals surface area contributed by atoms with Gasteiger partial charge in [-0.25, -0.2) is 13.4 Å². The predicted octanol–water partition coefficient (Wildman–Crippen LogP) is -0.294. The molecule has 1 aromatic carbocycles. The van der Waals surface area contributed by atoms with Gasteiger partial charge in [-0.15, -0.1) is 0 Å². The van der Waals surface area contributed by atoms with Gasteiger partial charge in [0, 0.05) is 13.0 Å². The molecule has 2 aliphatic rings. The van der Waals surface area contributed by atoms with Gasteiger partial charge in [-0.2, -0.15) is 8.42 Å². The molecule has 0 unspecified atom stereocenters. The van der Waals surface area contributed by atoms with Gasteiger partial charge >= 0.3 is 10.2 Å². The Balaban J connectivity index is 2.04. The molecule has 3 rings (SSSR count). The Morgan fingerprint density at radius 2 is 2.21 bits per heavy atom. The number of hydrogen-bond donors (Lipinski definition) is 3. The summed E-state index contributed by atoms with van der Waals surface area (Å²) >= 11 is 0. The van der Waals surface area contributed by atoms with E-state index in [0.717, 1.165) is 0 Å². The monoisotopic (exact) mass is 357 g/mol. The zero-order valence-electron chi connectivity index (χ0n) is 12.8. The van der Waals surface area contributed by atoms with E-state index < -0.39 is 39.9 Å². The van der Waals surface area contributed by atoms with Crippen LogP contribution in [0.3, 0.4) is 0 Å². The van der Waals surface area contributed by atoms with Crippen LogP contribution in [-0.2, 0) is 32.6 Å². The third kappa shape index (κ3) is 2.77. The maximum absolute atomic E-state index is 14.9. The van der Waals surface area contributed by atoms with Crippen LogP contribution in [0.1, 0.15) is 24.5 Å². The summed E-state index contributed by atoms with van der Waals surface area (Å²) in [6, 6.07) is 1.05. The number of benzene rings is 1. The number of phenols is 1. The molecule has 24 heavy (non-hydrogen) atoms. The van der Waals surface area contributed by atoms with Crippen molar-refractivity contribution in [3.8, 4) is 5.75 Å². The van der Waals surface area contributed by atoms with Gasteiger partial charge in [0.2, 0.25) is 5.91 Å². The van der Waals surface area contributed by atoms with E-state index in [2.05, 4.69) is 5.32 Å². The second-order valence-corrected chi connectivity index (χ2v) is 7.47. The van der Waals surface area contributed by atoms with Gasteiger partial charge in [0.05, 0.1) is 0 Å². The predicted molar refractivity (Wildman–Crippen MR) is 82.1 cm³/mol. The maximum atomic E-state index is 14.9. The van der Waals surface area contributed by atoms with Gasteiger partial charge in [-0.3, -0.25) is 9.59 Å². The van der Waals surface area contributed by atoms with Gasteiger partial charge in [-0.1, -0.05) is 0 Å². The van der Waals surface area contributed by atoms with Gasteiger partial charge in [-0.05, 0) is 36.5 Å². The second-order valence-electron chi connectivity index (χ2n) is 5.87. The Morgan fingerprint density at radius 1 is 1.50 bits per heavy atom. The van der Waals surface area contributed by atoms with Gasteiger partial charge in [0.15, 0.2) is 5.82 Å². The highest BCUT2D eigenvalue weighted by Gasteiger charge is 2.39. The number of fused-ring (bicyclic) bond motifs is 1. The van der Waals surface area contributed by atoms with Crippen LogP contribution < -0.4 is 14.3 Å². The minimum absolute atomic E-state index is 0.184. The van der Waals surface area contributed by atoms with Gasteiger partial charge in [0.25, 0.3) is 5.91 Å². The molecule has 0 aromatic heterocycles. The van der Waals surface area contributed by atoms with E-state index in [9.17, 15) is 27.5 Å². The minimum atomic E-state index is -4.23. The number of nitrogens with zero attached hydrogens (tertiary/aromatic N) is 1. The molecule has 1 aliphatic heterocycles. The number of phenolic OH excluding ortho intramolecular Hbond substituents is 1. The molecule has 0 saturated carbocycles. The van der Waals surface area contributed by atoms with Crippen molar-refractivity contribution in [2.45, 2.75) is 32.2 Å². The number of nitrogens with one attached hydrogen (secondary N) is 2. The average Bonchev–Trinajstić information content (AvgIpc) is 2.72. The molecule has 130 valence electrons. The summed E-state index contributed by atoms with van der Waals surface area (Å²) in [6.45, 7) is 0.767. The van der Waals surface area contributed by atoms with E-state index in [1.54, 1.807) is 4.72 Å². The molecule has 1 saturated heterocycles. The first-order valence-electron chi connectivity index (χ1n) is 7.32. The lowest BCUT2D eigenvalue weighted by Crippen LogP contribution is -2.38. The largest absolute Gasteiger partial charge is 0.506 e. The number of carbonyl (C=O) groups excluding carboxylic acids is 2. The summed E-state index contributed by atoms with van der Waals surface area (Å²) < 4.78 is 41.0. The summed E-state index contributed by atoms with van der Waals surface area (Å²) in [5.74, 6) is -2.47. The lowest BCUT2D eigenvalue weighted by molar-refractivity contribution is -0.120. The molecular weight excluding hydrogens is 341 g/mol.